The third-order valence-corrected chi connectivity index (χ3v) is 4.93. The van der Waals surface area contributed by atoms with E-state index >= 15 is 0 Å². The van der Waals surface area contributed by atoms with Crippen LogP contribution in [0.1, 0.15) is 27.7 Å². The van der Waals surface area contributed by atoms with Gasteiger partial charge in [0.05, 0.1) is 26.4 Å². The number of amides is 1. The summed E-state index contributed by atoms with van der Waals surface area (Å²) in [6.45, 7) is 15.8. The van der Waals surface area contributed by atoms with Gasteiger partial charge in [-0.15, -0.1) is 0 Å². The maximum atomic E-state index is 11.8. The molecule has 2 unspecified atom stereocenters. The lowest BCUT2D eigenvalue weighted by atomic mass is 10.2. The molecule has 2 heterocycles. The quantitative estimate of drug-likeness (QED) is 0.572. The van der Waals surface area contributed by atoms with Gasteiger partial charge in [0.15, 0.2) is 5.96 Å². The predicted molar refractivity (Wildman–Crippen MR) is 103 cm³/mol. The first-order valence-corrected chi connectivity index (χ1v) is 9.85. The van der Waals surface area contributed by atoms with Gasteiger partial charge in [-0.25, -0.2) is 4.79 Å². The molecule has 2 saturated heterocycles. The number of nitrogens with one attached hydrogen (secondary N) is 1. The zero-order valence-corrected chi connectivity index (χ0v) is 16.7. The fourth-order valence-electron chi connectivity index (χ4n) is 3.46. The average molecular weight is 370 g/mol. The number of morpholine rings is 1. The summed E-state index contributed by atoms with van der Waals surface area (Å²) >= 11 is 0. The Morgan fingerprint density at radius 2 is 1.92 bits per heavy atom. The van der Waals surface area contributed by atoms with Gasteiger partial charge in [0.25, 0.3) is 0 Å². The highest BCUT2D eigenvalue weighted by Gasteiger charge is 2.25. The molecule has 0 saturated carbocycles. The summed E-state index contributed by atoms with van der Waals surface area (Å²) < 4.78 is 10.6. The molecule has 2 aliphatic rings. The number of carbonyl (C=O) groups excluding carboxylic acids is 1. The van der Waals surface area contributed by atoms with Crippen LogP contribution in [-0.4, -0.2) is 104 Å². The number of ether oxygens (including phenoxy) is 2. The number of hydrogen-bond acceptors (Lipinski definition) is 5. The Morgan fingerprint density at radius 1 is 1.23 bits per heavy atom. The predicted octanol–water partition coefficient (Wildman–Crippen LogP) is 0.835. The molecule has 150 valence electrons. The van der Waals surface area contributed by atoms with Gasteiger partial charge >= 0.3 is 6.09 Å². The Labute approximate surface area is 157 Å². The molecule has 0 bridgehead atoms. The summed E-state index contributed by atoms with van der Waals surface area (Å²) in [5.74, 6) is 0.934. The molecule has 0 aromatic heterocycles. The van der Waals surface area contributed by atoms with Crippen molar-refractivity contribution >= 4 is 12.1 Å². The van der Waals surface area contributed by atoms with Crippen LogP contribution in [0, 0.1) is 0 Å². The molecule has 2 fully saturated rings. The summed E-state index contributed by atoms with van der Waals surface area (Å²) in [7, 11) is 0. The highest BCUT2D eigenvalue weighted by molar-refractivity contribution is 5.80. The van der Waals surface area contributed by atoms with Gasteiger partial charge in [0, 0.05) is 51.4 Å². The van der Waals surface area contributed by atoms with Crippen molar-refractivity contribution in [2.75, 3.05) is 65.6 Å². The number of aliphatic imine (C=N–C) groups is 1. The number of guanidine groups is 1. The summed E-state index contributed by atoms with van der Waals surface area (Å²) in [5.41, 5.74) is 0. The largest absolute Gasteiger partial charge is 0.450 e. The summed E-state index contributed by atoms with van der Waals surface area (Å²) in [4.78, 5) is 23.2. The summed E-state index contributed by atoms with van der Waals surface area (Å²) in [5, 5.41) is 3.39. The molecule has 0 aromatic carbocycles. The molecular weight excluding hydrogens is 334 g/mol. The highest BCUT2D eigenvalue weighted by Crippen LogP contribution is 2.11. The molecule has 2 atom stereocenters. The van der Waals surface area contributed by atoms with E-state index in [4.69, 9.17) is 14.5 Å². The molecule has 8 nitrogen and oxygen atoms in total. The molecule has 2 aliphatic heterocycles. The van der Waals surface area contributed by atoms with E-state index in [-0.39, 0.29) is 6.09 Å². The molecule has 0 radical (unpaired) electrons. The summed E-state index contributed by atoms with van der Waals surface area (Å²) in [6, 6.07) is 0.813. The van der Waals surface area contributed by atoms with E-state index in [2.05, 4.69) is 35.9 Å². The number of hydrogen-bond donors (Lipinski definition) is 1. The van der Waals surface area contributed by atoms with E-state index < -0.39 is 0 Å². The van der Waals surface area contributed by atoms with Gasteiger partial charge in [0.1, 0.15) is 0 Å². The maximum Gasteiger partial charge on any atom is 0.409 e. The van der Waals surface area contributed by atoms with Crippen molar-refractivity contribution in [2.45, 2.75) is 39.8 Å². The molecule has 1 N–H and O–H groups in total. The number of piperazine rings is 1. The fourth-order valence-corrected chi connectivity index (χ4v) is 3.46. The number of nitrogens with zero attached hydrogens (tertiary/aromatic N) is 4. The first-order valence-electron chi connectivity index (χ1n) is 9.85. The second-order valence-electron chi connectivity index (χ2n) is 6.88. The Kier molecular flexibility index (Phi) is 8.44. The Hall–Kier alpha value is -1.54. The Balaban J connectivity index is 1.89. The summed E-state index contributed by atoms with van der Waals surface area (Å²) in [6.07, 6.45) is -0.219. The van der Waals surface area contributed by atoms with Crippen LogP contribution in [0.4, 0.5) is 4.79 Å². The van der Waals surface area contributed by atoms with Crippen LogP contribution in [0.2, 0.25) is 0 Å². The van der Waals surface area contributed by atoms with Crippen molar-refractivity contribution in [1.82, 2.24) is 20.0 Å². The third kappa shape index (κ3) is 5.74. The number of rotatable bonds is 5. The molecule has 0 aliphatic carbocycles. The SMILES string of the molecule is CCNC(=NCC(C)N1CCOCC1C)N1CCN(C(=O)OCC)CC1. The van der Waals surface area contributed by atoms with Gasteiger partial charge in [-0.2, -0.15) is 0 Å². The molecule has 26 heavy (non-hydrogen) atoms. The molecule has 1 amide bonds. The van der Waals surface area contributed by atoms with E-state index in [1.54, 1.807) is 4.90 Å². The van der Waals surface area contributed by atoms with E-state index in [1.165, 1.54) is 0 Å². The molecule has 0 spiro atoms. The van der Waals surface area contributed by atoms with Crippen LogP contribution >= 0.6 is 0 Å². The standard InChI is InChI=1S/C18H35N5O3/c1-5-19-17(20-13-15(3)23-11-12-25-14-16(23)4)21-7-9-22(10-8-21)18(24)26-6-2/h15-16H,5-14H2,1-4H3,(H,19,20). The van der Waals surface area contributed by atoms with Crippen LogP contribution in [0.5, 0.6) is 0 Å². The zero-order chi connectivity index (χ0) is 18.9. The monoisotopic (exact) mass is 369 g/mol. The van der Waals surface area contributed by atoms with E-state index in [9.17, 15) is 4.79 Å². The van der Waals surface area contributed by atoms with Crippen LogP contribution in [0.3, 0.4) is 0 Å². The number of carbonyl (C=O) groups is 1. The van der Waals surface area contributed by atoms with Gasteiger partial charge < -0.3 is 24.6 Å². The highest BCUT2D eigenvalue weighted by atomic mass is 16.6. The van der Waals surface area contributed by atoms with Gasteiger partial charge in [0.2, 0.25) is 0 Å². The topological polar surface area (TPSA) is 69.6 Å². The van der Waals surface area contributed by atoms with Gasteiger partial charge in [-0.3, -0.25) is 9.89 Å². The fraction of sp³-hybridized carbons (Fsp3) is 0.889. The molecular formula is C18H35N5O3. The Morgan fingerprint density at radius 3 is 2.54 bits per heavy atom. The lowest BCUT2D eigenvalue weighted by Crippen LogP contribution is -2.54. The minimum absolute atomic E-state index is 0.219. The first-order chi connectivity index (χ1) is 12.6. The van der Waals surface area contributed by atoms with Gasteiger partial charge in [-0.1, -0.05) is 0 Å². The minimum atomic E-state index is -0.219. The van der Waals surface area contributed by atoms with Crippen LogP contribution in [0.15, 0.2) is 4.99 Å². The molecule has 2 rings (SSSR count). The van der Waals surface area contributed by atoms with E-state index in [0.29, 0.717) is 31.8 Å². The van der Waals surface area contributed by atoms with E-state index in [0.717, 1.165) is 51.9 Å². The first kappa shape index (κ1) is 20.8. The van der Waals surface area contributed by atoms with Crippen LogP contribution in [-0.2, 0) is 9.47 Å². The second-order valence-corrected chi connectivity index (χ2v) is 6.88. The molecule has 0 aromatic rings. The van der Waals surface area contributed by atoms with Crippen molar-refractivity contribution in [3.05, 3.63) is 0 Å². The van der Waals surface area contributed by atoms with Crippen LogP contribution in [0.25, 0.3) is 0 Å². The van der Waals surface area contributed by atoms with Crippen molar-refractivity contribution in [3.8, 4) is 0 Å². The van der Waals surface area contributed by atoms with Crippen molar-refractivity contribution < 1.29 is 14.3 Å². The van der Waals surface area contributed by atoms with Crippen LogP contribution < -0.4 is 5.32 Å². The van der Waals surface area contributed by atoms with Gasteiger partial charge in [-0.05, 0) is 27.7 Å². The van der Waals surface area contributed by atoms with Crippen molar-refractivity contribution in [1.29, 1.82) is 0 Å². The Bertz CT molecular complexity index is 466. The normalized spacial score (nSPS) is 23.7. The second kappa shape index (κ2) is 10.6. The van der Waals surface area contributed by atoms with E-state index in [1.807, 2.05) is 6.92 Å². The lowest BCUT2D eigenvalue weighted by Gasteiger charge is -2.38. The maximum absolute atomic E-state index is 11.8. The smallest absolute Gasteiger partial charge is 0.409 e. The average Bonchev–Trinajstić information content (AvgIpc) is 2.65. The molecule has 8 heteroatoms. The third-order valence-electron chi connectivity index (χ3n) is 4.93. The zero-order valence-electron chi connectivity index (χ0n) is 16.7. The van der Waals surface area contributed by atoms with Crippen molar-refractivity contribution in [2.24, 2.45) is 4.99 Å². The minimum Gasteiger partial charge on any atom is -0.450 e. The van der Waals surface area contributed by atoms with Crippen molar-refractivity contribution in [3.63, 3.8) is 0 Å². The lowest BCUT2D eigenvalue weighted by molar-refractivity contribution is -0.0166.